The first-order chi connectivity index (χ1) is 12.8. The Hall–Kier alpha value is -2.95. The Balaban J connectivity index is 1.78. The molecule has 0 bridgehead atoms. The Bertz CT molecular complexity index is 950. The number of aromatic nitrogens is 1. The molecule has 2 aromatic carbocycles. The number of hydrogen-bond acceptors (Lipinski definition) is 3. The van der Waals surface area contributed by atoms with Crippen molar-refractivity contribution in [1.29, 1.82) is 0 Å². The van der Waals surface area contributed by atoms with Crippen LogP contribution < -0.4 is 14.8 Å². The molecule has 1 amide bonds. The van der Waals surface area contributed by atoms with E-state index in [-0.39, 0.29) is 17.9 Å². The first kappa shape index (κ1) is 18.8. The molecule has 142 valence electrons. The number of nitrogens with zero attached hydrogens (tertiary/aromatic N) is 1. The van der Waals surface area contributed by atoms with Crippen molar-refractivity contribution < 1.29 is 14.3 Å². The largest absolute Gasteiger partial charge is 0.497 e. The second-order valence-electron chi connectivity index (χ2n) is 7.58. The maximum atomic E-state index is 12.5. The molecule has 0 aliphatic rings. The van der Waals surface area contributed by atoms with Gasteiger partial charge in [-0.15, -0.1) is 0 Å². The molecule has 3 rings (SSSR count). The number of benzene rings is 2. The van der Waals surface area contributed by atoms with E-state index in [1.54, 1.807) is 14.2 Å². The van der Waals surface area contributed by atoms with Gasteiger partial charge in [0.15, 0.2) is 0 Å². The molecule has 1 N–H and O–H groups in total. The van der Waals surface area contributed by atoms with E-state index in [1.807, 2.05) is 41.1 Å². The second kappa shape index (κ2) is 7.35. The summed E-state index contributed by atoms with van der Waals surface area (Å²) in [6.07, 6.45) is 1.88. The molecule has 1 heterocycles. The van der Waals surface area contributed by atoms with E-state index in [1.165, 1.54) is 5.56 Å². The first-order valence-corrected chi connectivity index (χ1v) is 8.93. The highest BCUT2D eigenvalue weighted by molar-refractivity contribution is 5.93. The van der Waals surface area contributed by atoms with Crippen LogP contribution in [0.3, 0.4) is 0 Å². The fourth-order valence-electron chi connectivity index (χ4n) is 3.07. The van der Waals surface area contributed by atoms with Crippen LogP contribution in [0.5, 0.6) is 11.5 Å². The normalized spacial score (nSPS) is 11.4. The van der Waals surface area contributed by atoms with Crippen LogP contribution in [0.2, 0.25) is 0 Å². The minimum absolute atomic E-state index is 0.0854. The van der Waals surface area contributed by atoms with Crippen molar-refractivity contribution in [3.63, 3.8) is 0 Å². The summed E-state index contributed by atoms with van der Waals surface area (Å²) in [7, 11) is 3.24. The maximum absolute atomic E-state index is 12.5. The van der Waals surface area contributed by atoms with Crippen LogP contribution in [-0.4, -0.2) is 24.7 Å². The molecule has 0 spiro atoms. The van der Waals surface area contributed by atoms with Gasteiger partial charge in [0.05, 0.1) is 19.7 Å². The first-order valence-electron chi connectivity index (χ1n) is 8.93. The fraction of sp³-hybridized carbons (Fsp3) is 0.318. The van der Waals surface area contributed by atoms with Crippen LogP contribution in [0.4, 0.5) is 5.69 Å². The molecule has 1 aromatic heterocycles. The number of fused-ring (bicyclic) bond motifs is 1. The molecule has 0 radical (unpaired) electrons. The minimum Gasteiger partial charge on any atom is -0.497 e. The highest BCUT2D eigenvalue weighted by Gasteiger charge is 2.14. The summed E-state index contributed by atoms with van der Waals surface area (Å²) in [6.45, 7) is 6.71. The molecule has 0 saturated heterocycles. The molecular formula is C22H26N2O3. The van der Waals surface area contributed by atoms with Gasteiger partial charge < -0.3 is 19.4 Å². The number of ether oxygens (including phenoxy) is 2. The van der Waals surface area contributed by atoms with Gasteiger partial charge in [0.25, 0.3) is 0 Å². The predicted octanol–water partition coefficient (Wildman–Crippen LogP) is 4.59. The monoisotopic (exact) mass is 366 g/mol. The van der Waals surface area contributed by atoms with Crippen molar-refractivity contribution in [1.82, 2.24) is 4.57 Å². The molecule has 27 heavy (non-hydrogen) atoms. The van der Waals surface area contributed by atoms with Gasteiger partial charge in [-0.3, -0.25) is 4.79 Å². The van der Waals surface area contributed by atoms with E-state index in [0.29, 0.717) is 5.75 Å². The van der Waals surface area contributed by atoms with E-state index in [4.69, 9.17) is 9.47 Å². The number of nitrogens with one attached hydrogen (secondary N) is 1. The van der Waals surface area contributed by atoms with E-state index in [0.717, 1.165) is 22.3 Å². The van der Waals surface area contributed by atoms with E-state index in [9.17, 15) is 4.79 Å². The Morgan fingerprint density at radius 3 is 2.33 bits per heavy atom. The van der Waals surface area contributed by atoms with Crippen molar-refractivity contribution in [2.45, 2.75) is 32.7 Å². The molecule has 5 nitrogen and oxygen atoms in total. The zero-order valence-corrected chi connectivity index (χ0v) is 16.5. The van der Waals surface area contributed by atoms with Crippen LogP contribution in [0, 0.1) is 0 Å². The predicted molar refractivity (Wildman–Crippen MR) is 109 cm³/mol. The third-order valence-electron chi connectivity index (χ3n) is 4.63. The minimum atomic E-state index is -0.0854. The third kappa shape index (κ3) is 4.08. The van der Waals surface area contributed by atoms with Crippen molar-refractivity contribution in [3.05, 3.63) is 54.2 Å². The van der Waals surface area contributed by atoms with Crippen molar-refractivity contribution in [3.8, 4) is 11.5 Å². The molecule has 0 fully saturated rings. The van der Waals surface area contributed by atoms with E-state index in [2.05, 4.69) is 38.2 Å². The average molecular weight is 366 g/mol. The van der Waals surface area contributed by atoms with Gasteiger partial charge in [-0.2, -0.15) is 0 Å². The lowest BCUT2D eigenvalue weighted by Crippen LogP contribution is -2.18. The number of rotatable bonds is 5. The highest BCUT2D eigenvalue weighted by atomic mass is 16.5. The lowest BCUT2D eigenvalue weighted by atomic mass is 9.87. The maximum Gasteiger partial charge on any atom is 0.244 e. The molecule has 0 atom stereocenters. The summed E-state index contributed by atoms with van der Waals surface area (Å²) in [5, 5.41) is 3.90. The molecular weight excluding hydrogens is 340 g/mol. The van der Waals surface area contributed by atoms with E-state index >= 15 is 0 Å². The number of hydrogen-bond donors (Lipinski definition) is 1. The van der Waals surface area contributed by atoms with Crippen LogP contribution in [-0.2, 0) is 16.8 Å². The Morgan fingerprint density at radius 1 is 1.04 bits per heavy atom. The molecule has 0 aliphatic carbocycles. The SMILES string of the molecule is COc1cc(OC)c2ccn(CC(=O)Nc3ccc(C(C)(C)C)cc3)c2c1. The molecule has 5 heteroatoms. The molecule has 0 saturated carbocycles. The van der Waals surface area contributed by atoms with Gasteiger partial charge in [0.1, 0.15) is 18.0 Å². The Kier molecular flexibility index (Phi) is 5.13. The van der Waals surface area contributed by atoms with Gasteiger partial charge in [0, 0.05) is 29.4 Å². The number of amides is 1. The lowest BCUT2D eigenvalue weighted by Gasteiger charge is -2.19. The summed E-state index contributed by atoms with van der Waals surface area (Å²) >= 11 is 0. The summed E-state index contributed by atoms with van der Waals surface area (Å²) in [5.74, 6) is 1.33. The van der Waals surface area contributed by atoms with Gasteiger partial charge in [-0.1, -0.05) is 32.9 Å². The summed E-state index contributed by atoms with van der Waals surface area (Å²) in [6, 6.07) is 13.7. The Labute approximate surface area is 159 Å². The fourth-order valence-corrected chi connectivity index (χ4v) is 3.07. The zero-order valence-electron chi connectivity index (χ0n) is 16.5. The van der Waals surface area contributed by atoms with Crippen LogP contribution in [0.1, 0.15) is 26.3 Å². The summed E-state index contributed by atoms with van der Waals surface area (Å²) in [4.78, 5) is 12.5. The van der Waals surface area contributed by atoms with Gasteiger partial charge >= 0.3 is 0 Å². The highest BCUT2D eigenvalue weighted by Crippen LogP contribution is 2.32. The number of carbonyl (C=O) groups is 1. The van der Waals surface area contributed by atoms with E-state index < -0.39 is 0 Å². The molecule has 0 unspecified atom stereocenters. The topological polar surface area (TPSA) is 52.5 Å². The molecule has 3 aromatic rings. The van der Waals surface area contributed by atoms with Crippen molar-refractivity contribution in [2.24, 2.45) is 0 Å². The van der Waals surface area contributed by atoms with Gasteiger partial charge in [-0.05, 0) is 29.2 Å². The average Bonchev–Trinajstić information content (AvgIpc) is 3.03. The number of carbonyl (C=O) groups excluding carboxylic acids is 1. The van der Waals surface area contributed by atoms with Crippen LogP contribution >= 0.6 is 0 Å². The standard InChI is InChI=1S/C22H26N2O3/c1-22(2,3)15-6-8-16(9-7-15)23-21(25)14-24-11-10-18-19(24)12-17(26-4)13-20(18)27-5/h6-13H,14H2,1-5H3,(H,23,25). The summed E-state index contributed by atoms with van der Waals surface area (Å²) < 4.78 is 12.7. The van der Waals surface area contributed by atoms with Gasteiger partial charge in [0.2, 0.25) is 5.91 Å². The lowest BCUT2D eigenvalue weighted by molar-refractivity contribution is -0.116. The van der Waals surface area contributed by atoms with Crippen molar-refractivity contribution >= 4 is 22.5 Å². The second-order valence-corrected chi connectivity index (χ2v) is 7.58. The van der Waals surface area contributed by atoms with Gasteiger partial charge in [-0.25, -0.2) is 0 Å². The smallest absolute Gasteiger partial charge is 0.244 e. The number of anilines is 1. The quantitative estimate of drug-likeness (QED) is 0.718. The number of methoxy groups -OCH3 is 2. The third-order valence-corrected chi connectivity index (χ3v) is 4.63. The molecule has 0 aliphatic heterocycles. The van der Waals surface area contributed by atoms with Crippen LogP contribution in [0.25, 0.3) is 10.9 Å². The summed E-state index contributed by atoms with van der Waals surface area (Å²) in [5.41, 5.74) is 3.00. The van der Waals surface area contributed by atoms with Crippen molar-refractivity contribution in [2.75, 3.05) is 19.5 Å². The van der Waals surface area contributed by atoms with Crippen LogP contribution in [0.15, 0.2) is 48.7 Å². The Morgan fingerprint density at radius 2 is 1.74 bits per heavy atom. The zero-order chi connectivity index (χ0) is 19.6.